The second-order valence-electron chi connectivity index (χ2n) is 13.1. The Bertz CT molecular complexity index is 3180. The highest BCUT2D eigenvalue weighted by Gasteiger charge is 2.20. The molecule has 242 valence electrons. The van der Waals surface area contributed by atoms with E-state index >= 15 is 0 Å². The van der Waals surface area contributed by atoms with Gasteiger partial charge in [-0.1, -0.05) is 133 Å². The van der Waals surface area contributed by atoms with Crippen LogP contribution in [-0.2, 0) is 0 Å². The van der Waals surface area contributed by atoms with Crippen molar-refractivity contribution in [1.82, 2.24) is 15.0 Å². The molecule has 0 amide bonds. The first-order valence-corrected chi connectivity index (χ1v) is 19.0. The molecule has 4 heterocycles. The summed E-state index contributed by atoms with van der Waals surface area (Å²) in [5.41, 5.74) is 8.15. The summed E-state index contributed by atoms with van der Waals surface area (Å²) in [6.07, 6.45) is 0. The molecule has 52 heavy (non-hydrogen) atoms. The highest BCUT2D eigenvalue weighted by atomic mass is 32.1. The zero-order chi connectivity index (χ0) is 34.2. The van der Waals surface area contributed by atoms with Crippen LogP contribution in [0.2, 0.25) is 0 Å². The first kappa shape index (κ1) is 29.5. The van der Waals surface area contributed by atoms with E-state index in [2.05, 4.69) is 158 Å². The van der Waals surface area contributed by atoms with E-state index in [9.17, 15) is 0 Å². The summed E-state index contributed by atoms with van der Waals surface area (Å²) < 4.78 is 5.02. The van der Waals surface area contributed by atoms with Gasteiger partial charge < -0.3 is 0 Å². The van der Waals surface area contributed by atoms with Gasteiger partial charge in [0, 0.05) is 78.8 Å². The zero-order valence-electron chi connectivity index (χ0n) is 27.7. The molecule has 0 saturated heterocycles. The van der Waals surface area contributed by atoms with Gasteiger partial charge in [-0.25, -0.2) is 15.0 Å². The molecule has 0 atom stereocenters. The molecule has 0 unspecified atom stereocenters. The number of benzene rings is 7. The van der Waals surface area contributed by atoms with Gasteiger partial charge in [0.05, 0.1) is 22.6 Å². The van der Waals surface area contributed by atoms with Crippen molar-refractivity contribution in [3.63, 3.8) is 0 Å². The van der Waals surface area contributed by atoms with Crippen LogP contribution in [0.25, 0.3) is 107 Å². The Hall–Kier alpha value is -6.27. The lowest BCUT2D eigenvalue weighted by molar-refractivity contribution is 1.19. The van der Waals surface area contributed by atoms with Crippen LogP contribution in [0, 0.1) is 0 Å². The average molecular weight is 698 g/mol. The minimum atomic E-state index is 0.720. The highest BCUT2D eigenvalue weighted by Crippen LogP contribution is 2.46. The van der Waals surface area contributed by atoms with Crippen molar-refractivity contribution in [1.29, 1.82) is 0 Å². The molecule has 4 aromatic heterocycles. The molecule has 0 saturated carbocycles. The van der Waals surface area contributed by atoms with Crippen LogP contribution in [0.5, 0.6) is 0 Å². The molecule has 0 bridgehead atoms. The topological polar surface area (TPSA) is 38.7 Å². The Morgan fingerprint density at radius 3 is 1.92 bits per heavy atom. The Balaban J connectivity index is 1.17. The third kappa shape index (κ3) is 4.60. The molecule has 11 rings (SSSR count). The molecule has 11 aromatic rings. The first-order valence-electron chi connectivity index (χ1n) is 17.4. The fraction of sp³-hybridized carbons (Fsp3) is 0. The van der Waals surface area contributed by atoms with Crippen molar-refractivity contribution in [3.8, 4) is 45.2 Å². The third-order valence-corrected chi connectivity index (χ3v) is 12.4. The number of thiophene rings is 2. The zero-order valence-corrected chi connectivity index (χ0v) is 29.4. The largest absolute Gasteiger partial charge is 0.247 e. The molecule has 7 aromatic carbocycles. The van der Waals surface area contributed by atoms with E-state index in [1.165, 1.54) is 51.1 Å². The van der Waals surface area contributed by atoms with Crippen LogP contribution in [0.1, 0.15) is 0 Å². The molecule has 0 fully saturated rings. The van der Waals surface area contributed by atoms with Gasteiger partial charge in [0.15, 0.2) is 5.82 Å². The number of fused-ring (bicyclic) bond motifs is 10. The second-order valence-corrected chi connectivity index (χ2v) is 15.3. The van der Waals surface area contributed by atoms with Gasteiger partial charge in [-0.15, -0.1) is 22.7 Å². The second kappa shape index (κ2) is 11.6. The minimum absolute atomic E-state index is 0.720. The van der Waals surface area contributed by atoms with E-state index in [1.54, 1.807) is 0 Å². The summed E-state index contributed by atoms with van der Waals surface area (Å²) in [5, 5.41) is 8.65. The molecule has 0 aliphatic carbocycles. The molecule has 0 N–H and O–H groups in total. The third-order valence-electron chi connectivity index (χ3n) is 10.1. The quantitative estimate of drug-likeness (QED) is 0.172. The van der Waals surface area contributed by atoms with Gasteiger partial charge in [0.25, 0.3) is 0 Å². The minimum Gasteiger partial charge on any atom is -0.247 e. The van der Waals surface area contributed by atoms with Gasteiger partial charge in [0.2, 0.25) is 0 Å². The van der Waals surface area contributed by atoms with Gasteiger partial charge in [0.1, 0.15) is 0 Å². The number of para-hydroxylation sites is 1. The average Bonchev–Trinajstić information content (AvgIpc) is 3.79. The predicted octanol–water partition coefficient (Wildman–Crippen LogP) is 13.6. The molecule has 5 heteroatoms. The number of nitrogens with zero attached hydrogens (tertiary/aromatic N) is 3. The maximum atomic E-state index is 5.27. The summed E-state index contributed by atoms with van der Waals surface area (Å²) in [4.78, 5) is 15.7. The van der Waals surface area contributed by atoms with Crippen molar-refractivity contribution in [3.05, 3.63) is 164 Å². The lowest BCUT2D eigenvalue weighted by Crippen LogP contribution is -1.96. The number of aromatic nitrogens is 3. The molecule has 0 radical (unpaired) electrons. The summed E-state index contributed by atoms with van der Waals surface area (Å²) >= 11 is 3.67. The molecule has 0 spiro atoms. The summed E-state index contributed by atoms with van der Waals surface area (Å²) in [6.45, 7) is 0. The fourth-order valence-corrected chi connectivity index (χ4v) is 10.1. The number of hydrogen-bond donors (Lipinski definition) is 0. The van der Waals surface area contributed by atoms with E-state index in [-0.39, 0.29) is 0 Å². The Morgan fingerprint density at radius 1 is 0.365 bits per heavy atom. The fourth-order valence-electron chi connectivity index (χ4n) is 7.68. The van der Waals surface area contributed by atoms with E-state index in [0.29, 0.717) is 0 Å². The van der Waals surface area contributed by atoms with Gasteiger partial charge in [-0.05, 0) is 30.3 Å². The van der Waals surface area contributed by atoms with Gasteiger partial charge >= 0.3 is 0 Å². The number of hydrogen-bond acceptors (Lipinski definition) is 5. The van der Waals surface area contributed by atoms with E-state index < -0.39 is 0 Å². The monoisotopic (exact) mass is 697 g/mol. The number of pyridine rings is 1. The van der Waals surface area contributed by atoms with Crippen LogP contribution in [0.4, 0.5) is 0 Å². The van der Waals surface area contributed by atoms with Gasteiger partial charge in [-0.3, -0.25) is 0 Å². The van der Waals surface area contributed by atoms with E-state index in [0.717, 1.165) is 56.1 Å². The molecular formula is C47H27N3S2. The lowest BCUT2D eigenvalue weighted by atomic mass is 9.95. The van der Waals surface area contributed by atoms with E-state index in [1.807, 2.05) is 28.7 Å². The SMILES string of the molecule is c1ccc(-c2nc(-c3ccc4c(c3)sc3ccccc34)cc(-c3cccc4c3sc3ccc5c(-c6ccccc6)nc6ccccc6c5c34)n2)cc1. The Labute approximate surface area is 307 Å². The normalized spacial score (nSPS) is 11.8. The van der Waals surface area contributed by atoms with Crippen LogP contribution in [0.15, 0.2) is 164 Å². The van der Waals surface area contributed by atoms with Crippen molar-refractivity contribution in [2.24, 2.45) is 0 Å². The predicted molar refractivity (Wildman–Crippen MR) is 222 cm³/mol. The standard InChI is InChI=1S/C47H27N3S2/c1-3-12-28(13-4-1)45-35-24-25-41-44(43(35)33-17-7-9-20-37(33)48-45)36-19-11-18-34(46(36)52-41)39-27-38(49-47(50-39)29-14-5-2-6-15-29)30-22-23-32-31-16-8-10-21-40(31)51-42(32)26-30/h1-27H. The Kier molecular flexibility index (Phi) is 6.59. The van der Waals surface area contributed by atoms with Crippen molar-refractivity contribution in [2.75, 3.05) is 0 Å². The molecular weight excluding hydrogens is 671 g/mol. The van der Waals surface area contributed by atoms with Crippen LogP contribution >= 0.6 is 22.7 Å². The molecule has 0 aliphatic heterocycles. The lowest BCUT2D eigenvalue weighted by Gasteiger charge is -2.12. The van der Waals surface area contributed by atoms with Crippen LogP contribution < -0.4 is 0 Å². The number of rotatable bonds is 4. The summed E-state index contributed by atoms with van der Waals surface area (Å²) in [7, 11) is 0. The maximum Gasteiger partial charge on any atom is 0.160 e. The van der Waals surface area contributed by atoms with Gasteiger partial charge in [-0.2, -0.15) is 0 Å². The van der Waals surface area contributed by atoms with Crippen LogP contribution in [-0.4, -0.2) is 15.0 Å². The summed E-state index contributed by atoms with van der Waals surface area (Å²) in [6, 6.07) is 58.1. The maximum absolute atomic E-state index is 5.27. The Morgan fingerprint density at radius 2 is 1.06 bits per heavy atom. The van der Waals surface area contributed by atoms with Crippen molar-refractivity contribution < 1.29 is 0 Å². The van der Waals surface area contributed by atoms with Crippen molar-refractivity contribution >= 4 is 84.7 Å². The smallest absolute Gasteiger partial charge is 0.160 e. The summed E-state index contributed by atoms with van der Waals surface area (Å²) in [5.74, 6) is 0.720. The van der Waals surface area contributed by atoms with Crippen molar-refractivity contribution in [2.45, 2.75) is 0 Å². The highest BCUT2D eigenvalue weighted by molar-refractivity contribution is 7.26. The molecule has 3 nitrogen and oxygen atoms in total. The molecule has 0 aliphatic rings. The first-order chi connectivity index (χ1) is 25.8. The van der Waals surface area contributed by atoms with E-state index in [4.69, 9.17) is 15.0 Å². The van der Waals surface area contributed by atoms with Crippen LogP contribution in [0.3, 0.4) is 0 Å².